The second-order valence-electron chi connectivity index (χ2n) is 5.11. The van der Waals surface area contributed by atoms with Crippen molar-refractivity contribution in [1.82, 2.24) is 20.8 Å². The van der Waals surface area contributed by atoms with Gasteiger partial charge in [0.2, 0.25) is 11.8 Å². The number of amides is 2. The second kappa shape index (κ2) is 10.3. The number of esters is 1. The number of nitrogens with zero attached hydrogens (tertiary/aromatic N) is 2. The topological polar surface area (TPSA) is 123 Å². The zero-order chi connectivity index (χ0) is 20.5. The van der Waals surface area contributed by atoms with E-state index in [1.54, 1.807) is 6.92 Å². The minimum Gasteiger partial charge on any atom is -0.465 e. The SMILES string of the molecule is CCOC(=O)CNC(=O)CSc1nnc(CNC(=O)c2c(F)cccc2F)o1. The van der Waals surface area contributed by atoms with Gasteiger partial charge in [-0.2, -0.15) is 0 Å². The number of hydrogen-bond donors (Lipinski definition) is 2. The summed E-state index contributed by atoms with van der Waals surface area (Å²) in [5.41, 5.74) is -0.713. The Morgan fingerprint density at radius 2 is 1.89 bits per heavy atom. The molecule has 0 fully saturated rings. The fourth-order valence-electron chi connectivity index (χ4n) is 1.89. The maximum atomic E-state index is 13.5. The van der Waals surface area contributed by atoms with Gasteiger partial charge in [0.05, 0.1) is 18.9 Å². The van der Waals surface area contributed by atoms with Gasteiger partial charge < -0.3 is 19.8 Å². The third kappa shape index (κ3) is 6.30. The molecule has 0 bridgehead atoms. The molecule has 0 aliphatic rings. The summed E-state index contributed by atoms with van der Waals surface area (Å²) in [5, 5.41) is 12.0. The standard InChI is InChI=1S/C16H16F2N4O5S/c1-2-26-13(24)7-19-11(23)8-28-16-22-21-12(27-16)6-20-15(25)14-9(17)4-3-5-10(14)18/h3-5H,2,6-8H2,1H3,(H,19,23)(H,20,25). The quantitative estimate of drug-likeness (QED) is 0.461. The summed E-state index contributed by atoms with van der Waals surface area (Å²) in [6, 6.07) is 3.07. The number of carbonyl (C=O) groups is 3. The molecule has 0 radical (unpaired) electrons. The Balaban J connectivity index is 1.78. The van der Waals surface area contributed by atoms with E-state index < -0.39 is 35.0 Å². The highest BCUT2D eigenvalue weighted by atomic mass is 32.2. The van der Waals surface area contributed by atoms with Gasteiger partial charge >= 0.3 is 5.97 Å². The molecular weight excluding hydrogens is 398 g/mol. The van der Waals surface area contributed by atoms with Crippen LogP contribution in [-0.2, 0) is 20.9 Å². The van der Waals surface area contributed by atoms with Gasteiger partial charge in [-0.05, 0) is 19.1 Å². The molecule has 0 aliphatic heterocycles. The lowest BCUT2D eigenvalue weighted by atomic mass is 10.2. The lowest BCUT2D eigenvalue weighted by Crippen LogP contribution is -2.31. The van der Waals surface area contributed by atoms with Crippen LogP contribution in [0.25, 0.3) is 0 Å². The van der Waals surface area contributed by atoms with Crippen LogP contribution in [0.3, 0.4) is 0 Å². The summed E-state index contributed by atoms with van der Waals surface area (Å²) < 4.78 is 37.0. The molecule has 0 saturated carbocycles. The summed E-state index contributed by atoms with van der Waals surface area (Å²) in [6.45, 7) is 1.36. The van der Waals surface area contributed by atoms with Crippen molar-refractivity contribution in [2.75, 3.05) is 18.9 Å². The molecule has 0 aliphatic carbocycles. The molecule has 0 spiro atoms. The minimum absolute atomic E-state index is 0.0143. The van der Waals surface area contributed by atoms with Gasteiger partial charge in [-0.25, -0.2) is 8.78 Å². The van der Waals surface area contributed by atoms with Crippen LogP contribution >= 0.6 is 11.8 Å². The first-order valence-electron chi connectivity index (χ1n) is 8.00. The highest BCUT2D eigenvalue weighted by Gasteiger charge is 2.18. The molecule has 1 heterocycles. The maximum Gasteiger partial charge on any atom is 0.325 e. The number of carbonyl (C=O) groups excluding carboxylic acids is 3. The Kier molecular flexibility index (Phi) is 7.87. The molecule has 0 atom stereocenters. The first kappa shape index (κ1) is 21.3. The Hall–Kier alpha value is -3.02. The zero-order valence-corrected chi connectivity index (χ0v) is 15.5. The monoisotopic (exact) mass is 414 g/mol. The first-order valence-corrected chi connectivity index (χ1v) is 8.99. The maximum absolute atomic E-state index is 13.5. The average Bonchev–Trinajstić information content (AvgIpc) is 3.11. The van der Waals surface area contributed by atoms with E-state index in [2.05, 4.69) is 25.6 Å². The summed E-state index contributed by atoms with van der Waals surface area (Å²) in [7, 11) is 0. The third-order valence-corrected chi connectivity index (χ3v) is 3.92. The van der Waals surface area contributed by atoms with Crippen molar-refractivity contribution in [1.29, 1.82) is 0 Å². The van der Waals surface area contributed by atoms with Gasteiger partial charge in [-0.15, -0.1) is 10.2 Å². The van der Waals surface area contributed by atoms with Crippen LogP contribution < -0.4 is 10.6 Å². The molecule has 1 aromatic carbocycles. The van der Waals surface area contributed by atoms with Gasteiger partial charge in [-0.1, -0.05) is 17.8 Å². The number of nitrogens with one attached hydrogen (secondary N) is 2. The van der Waals surface area contributed by atoms with E-state index in [0.29, 0.717) is 0 Å². The molecule has 2 N–H and O–H groups in total. The third-order valence-electron chi connectivity index (χ3n) is 3.10. The first-order chi connectivity index (χ1) is 13.4. The zero-order valence-electron chi connectivity index (χ0n) is 14.7. The molecule has 1 aromatic heterocycles. The van der Waals surface area contributed by atoms with Crippen molar-refractivity contribution in [2.24, 2.45) is 0 Å². The van der Waals surface area contributed by atoms with Crippen LogP contribution in [0.1, 0.15) is 23.2 Å². The molecule has 2 rings (SSSR count). The molecule has 2 amide bonds. The number of ether oxygens (including phenoxy) is 1. The number of benzene rings is 1. The van der Waals surface area contributed by atoms with Gasteiger partial charge in [0, 0.05) is 0 Å². The average molecular weight is 414 g/mol. The van der Waals surface area contributed by atoms with Crippen molar-refractivity contribution in [3.63, 3.8) is 0 Å². The number of halogens is 2. The Bertz CT molecular complexity index is 841. The Morgan fingerprint density at radius 3 is 2.57 bits per heavy atom. The van der Waals surface area contributed by atoms with E-state index in [-0.39, 0.29) is 36.6 Å². The second-order valence-corrected chi connectivity index (χ2v) is 6.04. The molecule has 9 nitrogen and oxygen atoms in total. The Morgan fingerprint density at radius 1 is 1.18 bits per heavy atom. The summed E-state index contributed by atoms with van der Waals surface area (Å²) >= 11 is 0.913. The molecule has 150 valence electrons. The lowest BCUT2D eigenvalue weighted by molar-refractivity contribution is -0.143. The lowest BCUT2D eigenvalue weighted by Gasteiger charge is -2.04. The summed E-state index contributed by atoms with van der Waals surface area (Å²) in [5.74, 6) is -4.06. The van der Waals surface area contributed by atoms with E-state index >= 15 is 0 Å². The van der Waals surface area contributed by atoms with Crippen molar-refractivity contribution in [3.05, 3.63) is 41.3 Å². The predicted octanol–water partition coefficient (Wildman–Crippen LogP) is 1.05. The van der Waals surface area contributed by atoms with E-state index in [4.69, 9.17) is 4.42 Å². The fourth-order valence-corrected chi connectivity index (χ4v) is 2.50. The normalized spacial score (nSPS) is 10.4. The molecule has 0 unspecified atom stereocenters. The number of thioether (sulfide) groups is 1. The van der Waals surface area contributed by atoms with Gasteiger partial charge in [0.1, 0.15) is 23.7 Å². The van der Waals surface area contributed by atoms with E-state index in [1.807, 2.05) is 0 Å². The summed E-state index contributed by atoms with van der Waals surface area (Å²) in [4.78, 5) is 34.6. The predicted molar refractivity (Wildman–Crippen MR) is 92.2 cm³/mol. The molecule has 2 aromatic rings. The molecular formula is C16H16F2N4O5S. The van der Waals surface area contributed by atoms with Crippen molar-refractivity contribution < 1.29 is 32.3 Å². The summed E-state index contributed by atoms with van der Waals surface area (Å²) in [6.07, 6.45) is 0. The van der Waals surface area contributed by atoms with Crippen molar-refractivity contribution in [2.45, 2.75) is 18.7 Å². The van der Waals surface area contributed by atoms with E-state index in [1.165, 1.54) is 0 Å². The fraction of sp³-hybridized carbons (Fsp3) is 0.312. The van der Waals surface area contributed by atoms with Crippen molar-refractivity contribution in [3.8, 4) is 0 Å². The number of aromatic nitrogens is 2. The van der Waals surface area contributed by atoms with Crippen LogP contribution in [0.4, 0.5) is 8.78 Å². The molecule has 28 heavy (non-hydrogen) atoms. The highest BCUT2D eigenvalue weighted by molar-refractivity contribution is 7.99. The highest BCUT2D eigenvalue weighted by Crippen LogP contribution is 2.16. The van der Waals surface area contributed by atoms with Crippen LogP contribution in [0.5, 0.6) is 0 Å². The van der Waals surface area contributed by atoms with Crippen LogP contribution in [0.2, 0.25) is 0 Å². The van der Waals surface area contributed by atoms with Crippen LogP contribution in [-0.4, -0.2) is 46.9 Å². The van der Waals surface area contributed by atoms with Gasteiger partial charge in [-0.3, -0.25) is 14.4 Å². The van der Waals surface area contributed by atoms with Crippen molar-refractivity contribution >= 4 is 29.5 Å². The molecule has 0 saturated heterocycles. The Labute approximate surface area is 162 Å². The molecule has 12 heteroatoms. The number of hydrogen-bond acceptors (Lipinski definition) is 8. The number of rotatable bonds is 9. The smallest absolute Gasteiger partial charge is 0.325 e. The minimum atomic E-state index is -0.992. The van der Waals surface area contributed by atoms with Crippen LogP contribution in [0.15, 0.2) is 27.8 Å². The van der Waals surface area contributed by atoms with Gasteiger partial charge in [0.25, 0.3) is 11.1 Å². The van der Waals surface area contributed by atoms with E-state index in [9.17, 15) is 23.2 Å². The van der Waals surface area contributed by atoms with Gasteiger partial charge in [0.15, 0.2) is 0 Å². The van der Waals surface area contributed by atoms with Crippen LogP contribution in [0, 0.1) is 11.6 Å². The van der Waals surface area contributed by atoms with E-state index in [0.717, 1.165) is 30.0 Å². The largest absolute Gasteiger partial charge is 0.465 e.